The van der Waals surface area contributed by atoms with Crippen LogP contribution in [0, 0.1) is 0 Å². The highest BCUT2D eigenvalue weighted by Gasteiger charge is 2.24. The van der Waals surface area contributed by atoms with Crippen molar-refractivity contribution in [1.82, 2.24) is 5.32 Å². The maximum Gasteiger partial charge on any atom is 0.238 e. The Kier molecular flexibility index (Phi) is 4.10. The van der Waals surface area contributed by atoms with Crippen LogP contribution in [0.4, 0.5) is 0 Å². The summed E-state index contributed by atoms with van der Waals surface area (Å²) in [4.78, 5) is 11.4. The Morgan fingerprint density at radius 2 is 2.27 bits per heavy atom. The summed E-state index contributed by atoms with van der Waals surface area (Å²) >= 11 is 0. The maximum absolute atomic E-state index is 11.4. The fraction of sp³-hybridized carbons (Fsp3) is 0.889. The van der Waals surface area contributed by atoms with Crippen LogP contribution in [0.2, 0.25) is 0 Å². The summed E-state index contributed by atoms with van der Waals surface area (Å²) < 4.78 is 27.5. The van der Waals surface area contributed by atoms with Gasteiger partial charge >= 0.3 is 0 Å². The van der Waals surface area contributed by atoms with E-state index in [-0.39, 0.29) is 6.10 Å². The van der Waals surface area contributed by atoms with Crippen molar-refractivity contribution in [2.24, 2.45) is 0 Å². The lowest BCUT2D eigenvalue weighted by Crippen LogP contribution is -2.40. The molecule has 2 atom stereocenters. The molecule has 1 heterocycles. The highest BCUT2D eigenvalue weighted by atomic mass is 32.2. The largest absolute Gasteiger partial charge is 0.376 e. The Hall–Kier alpha value is -0.620. The quantitative estimate of drug-likeness (QED) is 0.727. The third-order valence-electron chi connectivity index (χ3n) is 2.54. The van der Waals surface area contributed by atoms with Crippen molar-refractivity contribution in [3.8, 4) is 0 Å². The van der Waals surface area contributed by atoms with Crippen LogP contribution in [0.1, 0.15) is 19.8 Å². The van der Waals surface area contributed by atoms with E-state index in [1.165, 1.54) is 6.92 Å². The average Bonchev–Trinajstić information content (AvgIpc) is 2.63. The molecule has 1 N–H and O–H groups in total. The van der Waals surface area contributed by atoms with Crippen LogP contribution < -0.4 is 5.32 Å². The van der Waals surface area contributed by atoms with Crippen molar-refractivity contribution in [3.05, 3.63) is 0 Å². The minimum Gasteiger partial charge on any atom is -0.376 e. The van der Waals surface area contributed by atoms with Crippen LogP contribution in [-0.4, -0.2) is 45.1 Å². The van der Waals surface area contributed by atoms with Gasteiger partial charge in [-0.2, -0.15) is 0 Å². The summed E-state index contributed by atoms with van der Waals surface area (Å²) in [5.41, 5.74) is 0. The van der Waals surface area contributed by atoms with E-state index in [1.54, 1.807) is 0 Å². The lowest BCUT2D eigenvalue weighted by molar-refractivity contribution is -0.120. The average molecular weight is 235 g/mol. The van der Waals surface area contributed by atoms with Gasteiger partial charge in [-0.05, 0) is 19.8 Å². The summed E-state index contributed by atoms with van der Waals surface area (Å²) in [5, 5.41) is 1.60. The van der Waals surface area contributed by atoms with Gasteiger partial charge in [0.2, 0.25) is 5.91 Å². The third kappa shape index (κ3) is 3.79. The van der Waals surface area contributed by atoms with Gasteiger partial charge < -0.3 is 10.1 Å². The first-order valence-corrected chi connectivity index (χ1v) is 6.95. The third-order valence-corrected chi connectivity index (χ3v) is 4.04. The second-order valence-electron chi connectivity index (χ2n) is 3.85. The smallest absolute Gasteiger partial charge is 0.238 e. The Morgan fingerprint density at radius 1 is 1.60 bits per heavy atom. The van der Waals surface area contributed by atoms with E-state index in [9.17, 15) is 13.2 Å². The molecule has 1 rings (SSSR count). The fourth-order valence-electron chi connectivity index (χ4n) is 1.36. The lowest BCUT2D eigenvalue weighted by Gasteiger charge is -2.13. The van der Waals surface area contributed by atoms with E-state index >= 15 is 0 Å². The minimum absolute atomic E-state index is 0.0423. The van der Waals surface area contributed by atoms with Gasteiger partial charge in [-0.3, -0.25) is 4.79 Å². The molecule has 0 saturated carbocycles. The van der Waals surface area contributed by atoms with Gasteiger partial charge in [0.1, 0.15) is 5.25 Å². The van der Waals surface area contributed by atoms with Gasteiger partial charge in [0.25, 0.3) is 0 Å². The van der Waals surface area contributed by atoms with Crippen LogP contribution >= 0.6 is 0 Å². The molecule has 88 valence electrons. The van der Waals surface area contributed by atoms with Crippen molar-refractivity contribution in [1.29, 1.82) is 0 Å². The predicted octanol–water partition coefficient (Wildman–Crippen LogP) is -0.285. The zero-order valence-electron chi connectivity index (χ0n) is 9.02. The summed E-state index contributed by atoms with van der Waals surface area (Å²) in [5.74, 6) is -0.451. The minimum atomic E-state index is -3.30. The topological polar surface area (TPSA) is 72.5 Å². The van der Waals surface area contributed by atoms with Crippen LogP contribution in [0.5, 0.6) is 0 Å². The molecule has 0 aliphatic carbocycles. The molecule has 1 aliphatic heterocycles. The Labute approximate surface area is 90.1 Å². The van der Waals surface area contributed by atoms with Crippen molar-refractivity contribution >= 4 is 15.7 Å². The van der Waals surface area contributed by atoms with Crippen LogP contribution in [0.15, 0.2) is 0 Å². The highest BCUT2D eigenvalue weighted by molar-refractivity contribution is 7.92. The Bertz CT molecular complexity index is 319. The monoisotopic (exact) mass is 235 g/mol. The molecular formula is C9H17NO4S. The first-order valence-electron chi connectivity index (χ1n) is 4.99. The standard InChI is InChI=1S/C9H17NO4S/c1-7(15(2,12)13)9(11)10-6-8-4-3-5-14-8/h7-8H,3-6H2,1-2H3,(H,10,11)/t7-,8+/m0/s1. The summed E-state index contributed by atoms with van der Waals surface area (Å²) in [7, 11) is -3.30. The van der Waals surface area contributed by atoms with Gasteiger partial charge in [-0.15, -0.1) is 0 Å². The zero-order valence-corrected chi connectivity index (χ0v) is 9.84. The Morgan fingerprint density at radius 3 is 2.73 bits per heavy atom. The van der Waals surface area contributed by atoms with E-state index in [0.29, 0.717) is 6.54 Å². The van der Waals surface area contributed by atoms with Crippen molar-refractivity contribution in [2.45, 2.75) is 31.1 Å². The van der Waals surface area contributed by atoms with Gasteiger partial charge in [-0.1, -0.05) is 0 Å². The highest BCUT2D eigenvalue weighted by Crippen LogP contribution is 2.10. The van der Waals surface area contributed by atoms with E-state index in [2.05, 4.69) is 5.32 Å². The predicted molar refractivity (Wildman–Crippen MR) is 56.3 cm³/mol. The molecule has 1 aliphatic rings. The Balaban J connectivity index is 2.35. The molecular weight excluding hydrogens is 218 g/mol. The van der Waals surface area contributed by atoms with Crippen LogP contribution in [0.3, 0.4) is 0 Å². The molecule has 1 fully saturated rings. The molecule has 15 heavy (non-hydrogen) atoms. The molecule has 1 amide bonds. The number of hydrogen-bond donors (Lipinski definition) is 1. The number of ether oxygens (including phenoxy) is 1. The molecule has 6 heteroatoms. The van der Waals surface area contributed by atoms with Crippen molar-refractivity contribution in [3.63, 3.8) is 0 Å². The van der Waals surface area contributed by atoms with Gasteiger partial charge in [0.15, 0.2) is 9.84 Å². The van der Waals surface area contributed by atoms with Gasteiger partial charge in [-0.25, -0.2) is 8.42 Å². The molecule has 0 aromatic rings. The number of hydrogen-bond acceptors (Lipinski definition) is 4. The summed E-state index contributed by atoms with van der Waals surface area (Å²) in [6.07, 6.45) is 3.03. The van der Waals surface area contributed by atoms with Crippen molar-refractivity contribution < 1.29 is 17.9 Å². The second-order valence-corrected chi connectivity index (χ2v) is 6.22. The van der Waals surface area contributed by atoms with E-state index < -0.39 is 21.0 Å². The maximum atomic E-state index is 11.4. The molecule has 0 radical (unpaired) electrons. The van der Waals surface area contributed by atoms with E-state index in [1.807, 2.05) is 0 Å². The van der Waals surface area contributed by atoms with E-state index in [0.717, 1.165) is 25.7 Å². The van der Waals surface area contributed by atoms with Crippen molar-refractivity contribution in [2.75, 3.05) is 19.4 Å². The molecule has 5 nitrogen and oxygen atoms in total. The van der Waals surface area contributed by atoms with Crippen LogP contribution in [-0.2, 0) is 19.4 Å². The SMILES string of the molecule is C[C@@H](C(=O)NC[C@H]1CCCO1)S(C)(=O)=O. The number of carbonyl (C=O) groups is 1. The molecule has 1 saturated heterocycles. The fourth-order valence-corrected chi connectivity index (χ4v) is 1.83. The van der Waals surface area contributed by atoms with E-state index in [4.69, 9.17) is 4.74 Å². The molecule has 0 unspecified atom stereocenters. The number of carbonyl (C=O) groups excluding carboxylic acids is 1. The van der Waals surface area contributed by atoms with Crippen LogP contribution in [0.25, 0.3) is 0 Å². The molecule has 0 bridgehead atoms. The summed E-state index contributed by atoms with van der Waals surface area (Å²) in [6, 6.07) is 0. The van der Waals surface area contributed by atoms with Gasteiger partial charge in [0, 0.05) is 19.4 Å². The first-order chi connectivity index (χ1) is 6.91. The second kappa shape index (κ2) is 4.94. The number of nitrogens with one attached hydrogen (secondary N) is 1. The molecule has 0 aromatic carbocycles. The summed E-state index contributed by atoms with van der Waals surface area (Å²) in [6.45, 7) is 2.51. The zero-order chi connectivity index (χ0) is 11.5. The normalized spacial score (nSPS) is 23.7. The first kappa shape index (κ1) is 12.4. The molecule has 0 aromatic heterocycles. The van der Waals surface area contributed by atoms with Gasteiger partial charge in [0.05, 0.1) is 6.10 Å². The molecule has 0 spiro atoms. The number of amides is 1. The lowest BCUT2D eigenvalue weighted by atomic mass is 10.2. The number of rotatable bonds is 4. The number of sulfone groups is 1.